The van der Waals surface area contributed by atoms with Crippen LogP contribution in [0, 0.1) is 10.1 Å². The van der Waals surface area contributed by atoms with Gasteiger partial charge in [0, 0.05) is 23.4 Å². The van der Waals surface area contributed by atoms with E-state index in [-0.39, 0.29) is 29.4 Å². The summed E-state index contributed by atoms with van der Waals surface area (Å²) in [5.74, 6) is 0.0738. The Labute approximate surface area is 239 Å². The molecule has 0 saturated heterocycles. The molecule has 0 fully saturated rings. The zero-order chi connectivity index (χ0) is 30.2. The van der Waals surface area contributed by atoms with Crippen LogP contribution in [0.1, 0.15) is 31.2 Å². The Kier molecular flexibility index (Phi) is 9.17. The lowest BCUT2D eigenvalue weighted by Crippen LogP contribution is -2.45. The van der Waals surface area contributed by atoms with E-state index in [4.69, 9.17) is 18.6 Å². The molecule has 0 bridgehead atoms. The normalized spacial score (nSPS) is 14.6. The standard InChI is InChI=1S/C28H27N5O9/c1-4-40-27(35)25-16(2)30-28(36)31-26(25)18-8-10-22(23(13-18)39-3)41-15-24(34)32-29-14-20-9-11-21(42-20)17-6-5-7-19(12-17)33(37)38/h5-14,26H,4,15H2,1-3H3,(H,32,34)(H2,30,31,36)/b29-14-/t26-/m1/s1. The minimum absolute atomic E-state index is 0.0657. The number of esters is 1. The fourth-order valence-electron chi connectivity index (χ4n) is 4.10. The number of nitro groups is 1. The van der Waals surface area contributed by atoms with Crippen molar-refractivity contribution in [2.75, 3.05) is 20.3 Å². The van der Waals surface area contributed by atoms with Crippen LogP contribution in [0.4, 0.5) is 10.5 Å². The fraction of sp³-hybridized carbons (Fsp3) is 0.214. The number of hydrogen-bond acceptors (Lipinski definition) is 10. The quantitative estimate of drug-likeness (QED) is 0.133. The number of non-ortho nitro benzene ring substituents is 1. The summed E-state index contributed by atoms with van der Waals surface area (Å²) in [5, 5.41) is 20.1. The van der Waals surface area contributed by atoms with Crippen molar-refractivity contribution >= 4 is 29.8 Å². The molecule has 14 nitrogen and oxygen atoms in total. The third-order valence-electron chi connectivity index (χ3n) is 5.99. The van der Waals surface area contributed by atoms with Crippen molar-refractivity contribution in [2.45, 2.75) is 19.9 Å². The van der Waals surface area contributed by atoms with Gasteiger partial charge in [0.25, 0.3) is 11.6 Å². The molecule has 0 unspecified atom stereocenters. The highest BCUT2D eigenvalue weighted by atomic mass is 16.6. The highest BCUT2D eigenvalue weighted by molar-refractivity contribution is 5.95. The Bertz CT molecular complexity index is 1580. The second-order valence-corrected chi connectivity index (χ2v) is 8.79. The van der Waals surface area contributed by atoms with E-state index in [0.717, 1.165) is 0 Å². The number of methoxy groups -OCH3 is 1. The first-order chi connectivity index (χ1) is 20.2. The zero-order valence-corrected chi connectivity index (χ0v) is 22.8. The summed E-state index contributed by atoms with van der Waals surface area (Å²) in [6.45, 7) is 3.06. The van der Waals surface area contributed by atoms with Crippen LogP contribution < -0.4 is 25.5 Å². The maximum absolute atomic E-state index is 12.6. The van der Waals surface area contributed by atoms with Crippen LogP contribution in [-0.2, 0) is 14.3 Å². The molecule has 3 N–H and O–H groups in total. The van der Waals surface area contributed by atoms with E-state index in [2.05, 4.69) is 21.2 Å². The molecule has 1 atom stereocenters. The van der Waals surface area contributed by atoms with Crippen LogP contribution in [0.5, 0.6) is 11.5 Å². The molecule has 3 aromatic rings. The number of furan rings is 1. The molecule has 1 aliphatic heterocycles. The predicted octanol–water partition coefficient (Wildman–Crippen LogP) is 3.58. The van der Waals surface area contributed by atoms with Crippen LogP contribution >= 0.6 is 0 Å². The van der Waals surface area contributed by atoms with E-state index >= 15 is 0 Å². The van der Waals surface area contributed by atoms with Gasteiger partial charge in [0.2, 0.25) is 0 Å². The molecule has 0 radical (unpaired) electrons. The molecule has 1 aromatic heterocycles. The van der Waals surface area contributed by atoms with Gasteiger partial charge in [-0.25, -0.2) is 15.0 Å². The molecule has 2 heterocycles. The molecule has 1 aliphatic rings. The SMILES string of the molecule is CCOC(=O)C1=C(C)NC(=O)N[C@@H]1c1ccc(OCC(=O)N/N=C\c2ccc(-c3cccc([N+](=O)[O-])c3)o2)c(OC)c1. The van der Waals surface area contributed by atoms with E-state index < -0.39 is 35.5 Å². The maximum atomic E-state index is 12.6. The summed E-state index contributed by atoms with van der Waals surface area (Å²) >= 11 is 0. The number of allylic oxidation sites excluding steroid dienone is 1. The minimum Gasteiger partial charge on any atom is -0.493 e. The van der Waals surface area contributed by atoms with E-state index in [9.17, 15) is 24.5 Å². The Morgan fingerprint density at radius 3 is 2.71 bits per heavy atom. The molecule has 3 amide bonds. The van der Waals surface area contributed by atoms with Gasteiger partial charge in [0.1, 0.15) is 11.5 Å². The van der Waals surface area contributed by atoms with Gasteiger partial charge in [-0.1, -0.05) is 18.2 Å². The highest BCUT2D eigenvalue weighted by Gasteiger charge is 2.32. The number of nitrogens with one attached hydrogen (secondary N) is 3. The van der Waals surface area contributed by atoms with Gasteiger partial charge in [-0.15, -0.1) is 0 Å². The van der Waals surface area contributed by atoms with E-state index in [0.29, 0.717) is 28.3 Å². The number of hydrogen-bond donors (Lipinski definition) is 3. The van der Waals surface area contributed by atoms with Gasteiger partial charge < -0.3 is 29.3 Å². The fourth-order valence-corrected chi connectivity index (χ4v) is 4.10. The van der Waals surface area contributed by atoms with Gasteiger partial charge in [0.15, 0.2) is 18.1 Å². The molecular formula is C28H27N5O9. The second kappa shape index (κ2) is 13.1. The molecule has 0 saturated carbocycles. The highest BCUT2D eigenvalue weighted by Crippen LogP contribution is 2.34. The van der Waals surface area contributed by atoms with Crippen LogP contribution in [0.2, 0.25) is 0 Å². The molecule has 42 heavy (non-hydrogen) atoms. The summed E-state index contributed by atoms with van der Waals surface area (Å²) in [4.78, 5) is 47.5. The van der Waals surface area contributed by atoms with Crippen LogP contribution in [0.3, 0.4) is 0 Å². The Morgan fingerprint density at radius 2 is 1.98 bits per heavy atom. The average molecular weight is 578 g/mol. The first-order valence-electron chi connectivity index (χ1n) is 12.6. The van der Waals surface area contributed by atoms with Crippen molar-refractivity contribution in [2.24, 2.45) is 5.10 Å². The van der Waals surface area contributed by atoms with Crippen molar-refractivity contribution < 1.29 is 37.9 Å². The number of carbonyl (C=O) groups is 3. The Balaban J connectivity index is 1.37. The zero-order valence-electron chi connectivity index (χ0n) is 22.8. The van der Waals surface area contributed by atoms with Gasteiger partial charge >= 0.3 is 12.0 Å². The Morgan fingerprint density at radius 1 is 1.17 bits per heavy atom. The van der Waals surface area contributed by atoms with E-state index in [1.165, 1.54) is 25.5 Å². The smallest absolute Gasteiger partial charge is 0.338 e. The van der Waals surface area contributed by atoms with E-state index in [1.807, 2.05) is 0 Å². The number of nitro benzene ring substituents is 1. The van der Waals surface area contributed by atoms with Crippen molar-refractivity contribution in [3.63, 3.8) is 0 Å². The van der Waals surface area contributed by atoms with Crippen molar-refractivity contribution in [3.05, 3.63) is 87.3 Å². The molecule has 14 heteroatoms. The maximum Gasteiger partial charge on any atom is 0.338 e. The van der Waals surface area contributed by atoms with Gasteiger partial charge in [-0.3, -0.25) is 14.9 Å². The number of rotatable bonds is 11. The van der Waals surface area contributed by atoms with Gasteiger partial charge in [-0.05, 0) is 43.7 Å². The van der Waals surface area contributed by atoms with E-state index in [1.54, 1.807) is 56.3 Å². The molecule has 2 aromatic carbocycles. The molecule has 0 aliphatic carbocycles. The second-order valence-electron chi connectivity index (χ2n) is 8.79. The van der Waals surface area contributed by atoms with Crippen LogP contribution in [0.25, 0.3) is 11.3 Å². The number of nitrogens with zero attached hydrogens (tertiary/aromatic N) is 2. The molecule has 218 valence electrons. The van der Waals surface area contributed by atoms with Gasteiger partial charge in [0.05, 0.1) is 36.5 Å². The minimum atomic E-state index is -0.794. The summed E-state index contributed by atoms with van der Waals surface area (Å²) < 4.78 is 21.8. The third kappa shape index (κ3) is 6.91. The summed E-state index contributed by atoms with van der Waals surface area (Å²) in [7, 11) is 1.41. The van der Waals surface area contributed by atoms with Crippen LogP contribution in [-0.4, -0.2) is 49.4 Å². The lowest BCUT2D eigenvalue weighted by molar-refractivity contribution is -0.384. The summed E-state index contributed by atoms with van der Waals surface area (Å²) in [6, 6.07) is 12.7. The first kappa shape index (κ1) is 29.3. The number of ether oxygens (including phenoxy) is 3. The third-order valence-corrected chi connectivity index (χ3v) is 5.99. The Hall–Kier alpha value is -5.66. The predicted molar refractivity (Wildman–Crippen MR) is 149 cm³/mol. The molecule has 0 spiro atoms. The molecular weight excluding hydrogens is 550 g/mol. The first-order valence-corrected chi connectivity index (χ1v) is 12.6. The van der Waals surface area contributed by atoms with Crippen molar-refractivity contribution in [1.29, 1.82) is 0 Å². The number of hydrazone groups is 1. The number of urea groups is 1. The summed E-state index contributed by atoms with van der Waals surface area (Å²) in [6.07, 6.45) is 1.28. The lowest BCUT2D eigenvalue weighted by atomic mass is 9.95. The monoisotopic (exact) mass is 577 g/mol. The largest absolute Gasteiger partial charge is 0.493 e. The summed E-state index contributed by atoms with van der Waals surface area (Å²) in [5.41, 5.74) is 3.93. The number of carbonyl (C=O) groups excluding carboxylic acids is 3. The number of amides is 3. The average Bonchev–Trinajstić information content (AvgIpc) is 3.44. The molecule has 4 rings (SSSR count). The van der Waals surface area contributed by atoms with Gasteiger partial charge in [-0.2, -0.15) is 5.10 Å². The number of benzene rings is 2. The topological polar surface area (TPSA) is 184 Å². The lowest BCUT2D eigenvalue weighted by Gasteiger charge is -2.28. The van der Waals surface area contributed by atoms with Crippen LogP contribution in [0.15, 0.2) is 75.4 Å². The van der Waals surface area contributed by atoms with Crippen molar-refractivity contribution in [1.82, 2.24) is 16.1 Å². The van der Waals surface area contributed by atoms with Crippen molar-refractivity contribution in [3.8, 4) is 22.8 Å².